The van der Waals surface area contributed by atoms with Crippen LogP contribution in [-0.4, -0.2) is 103 Å². The molecule has 306 valence electrons. The predicted molar refractivity (Wildman–Crippen MR) is 213 cm³/mol. The van der Waals surface area contributed by atoms with E-state index in [0.717, 1.165) is 18.4 Å². The standard InChI is InChI=1S/C43H66N4O8/c1-24-16-33(25(2)26(3)43(24,8)9)45-41(51)37-36(27(4)49)35(22-48)55-47(37)20-28-14-13-15-31(38(28)52-12)29-17-32(39-34(18-29)53-23-54-39)40(50)44-30(21-46(10)11)19-42(5,6)7/h13-15,17-18,24-27,30,33,35-37,48-49H,16,19-23H2,1-12H3,(H,44,50)(H,45,51)/t24-,25+,26+,27+,30+,33+,35+,36-,37+/m1/s1. The van der Waals surface area contributed by atoms with E-state index in [4.69, 9.17) is 19.0 Å². The van der Waals surface area contributed by atoms with Gasteiger partial charge in [0.1, 0.15) is 17.9 Å². The Labute approximate surface area is 328 Å². The number of methoxy groups -OCH3 is 1. The van der Waals surface area contributed by atoms with Gasteiger partial charge in [0.15, 0.2) is 11.5 Å². The summed E-state index contributed by atoms with van der Waals surface area (Å²) in [5, 5.41) is 29.5. The molecule has 2 amide bonds. The lowest BCUT2D eigenvalue weighted by molar-refractivity contribution is -0.182. The van der Waals surface area contributed by atoms with Crippen LogP contribution < -0.4 is 24.8 Å². The van der Waals surface area contributed by atoms with Gasteiger partial charge in [-0.2, -0.15) is 5.06 Å². The highest BCUT2D eigenvalue weighted by atomic mass is 16.7. The van der Waals surface area contributed by atoms with E-state index in [1.807, 2.05) is 38.4 Å². The molecule has 4 N–H and O–H groups in total. The van der Waals surface area contributed by atoms with Crippen LogP contribution in [-0.2, 0) is 16.2 Å². The number of aliphatic hydroxyl groups is 2. The molecule has 0 radical (unpaired) electrons. The molecule has 2 aliphatic heterocycles. The third kappa shape index (κ3) is 9.25. The quantitative estimate of drug-likeness (QED) is 0.207. The van der Waals surface area contributed by atoms with E-state index < -0.39 is 24.2 Å². The number of nitrogens with zero attached hydrogens (tertiary/aromatic N) is 2. The molecular weight excluding hydrogens is 700 g/mol. The van der Waals surface area contributed by atoms with E-state index in [-0.39, 0.29) is 60.6 Å². The smallest absolute Gasteiger partial charge is 0.255 e. The first-order valence-electron chi connectivity index (χ1n) is 19.9. The van der Waals surface area contributed by atoms with Crippen LogP contribution in [0.4, 0.5) is 0 Å². The molecule has 2 fully saturated rings. The van der Waals surface area contributed by atoms with Crippen molar-refractivity contribution in [3.05, 3.63) is 41.5 Å². The molecule has 1 saturated heterocycles. The van der Waals surface area contributed by atoms with E-state index in [1.54, 1.807) is 25.2 Å². The average Bonchev–Trinajstić information content (AvgIpc) is 3.73. The number of aliphatic hydroxyl groups excluding tert-OH is 2. The summed E-state index contributed by atoms with van der Waals surface area (Å²) in [4.78, 5) is 36.7. The lowest BCUT2D eigenvalue weighted by Gasteiger charge is -2.50. The lowest BCUT2D eigenvalue weighted by Crippen LogP contribution is -2.56. The molecule has 0 unspecified atom stereocenters. The summed E-state index contributed by atoms with van der Waals surface area (Å²) < 4.78 is 17.7. The third-order valence-corrected chi connectivity index (χ3v) is 12.6. The highest BCUT2D eigenvalue weighted by Gasteiger charge is 2.51. The number of rotatable bonds is 13. The van der Waals surface area contributed by atoms with Crippen LogP contribution in [0.5, 0.6) is 17.2 Å². The lowest BCUT2D eigenvalue weighted by atomic mass is 9.58. The minimum atomic E-state index is -0.925. The Balaban J connectivity index is 1.47. The van der Waals surface area contributed by atoms with Gasteiger partial charge < -0.3 is 40.0 Å². The second kappa shape index (κ2) is 17.0. The van der Waals surface area contributed by atoms with Crippen LogP contribution in [0, 0.1) is 34.5 Å². The van der Waals surface area contributed by atoms with Crippen LogP contribution in [0.15, 0.2) is 30.3 Å². The molecule has 1 aliphatic carbocycles. The highest BCUT2D eigenvalue weighted by molar-refractivity contribution is 6.00. The summed E-state index contributed by atoms with van der Waals surface area (Å²) in [6.45, 7) is 19.9. The maximum absolute atomic E-state index is 14.4. The number of hydroxylamine groups is 2. The van der Waals surface area contributed by atoms with Gasteiger partial charge in [-0.05, 0) is 80.1 Å². The van der Waals surface area contributed by atoms with E-state index in [9.17, 15) is 19.8 Å². The van der Waals surface area contributed by atoms with Crippen molar-refractivity contribution in [2.24, 2.45) is 34.5 Å². The number of nitrogens with one attached hydrogen (secondary N) is 2. The summed E-state index contributed by atoms with van der Waals surface area (Å²) in [6.07, 6.45) is -0.0771. The summed E-state index contributed by atoms with van der Waals surface area (Å²) in [5.74, 6) is 1.25. The zero-order valence-electron chi connectivity index (χ0n) is 35.1. The van der Waals surface area contributed by atoms with Crippen molar-refractivity contribution in [2.75, 3.05) is 41.1 Å². The first-order valence-corrected chi connectivity index (χ1v) is 19.9. The molecule has 0 aromatic heterocycles. The highest BCUT2D eigenvalue weighted by Crippen LogP contribution is 2.48. The van der Waals surface area contributed by atoms with Crippen LogP contribution in [0.2, 0.25) is 0 Å². The van der Waals surface area contributed by atoms with Gasteiger partial charge in [0.25, 0.3) is 5.91 Å². The molecular formula is C43H66N4O8. The molecule has 1 saturated carbocycles. The number of fused-ring (bicyclic) bond motifs is 1. The molecule has 12 heteroatoms. The van der Waals surface area contributed by atoms with Crippen molar-refractivity contribution in [3.63, 3.8) is 0 Å². The fourth-order valence-electron chi connectivity index (χ4n) is 8.99. The van der Waals surface area contributed by atoms with Gasteiger partial charge in [0.05, 0.1) is 31.9 Å². The van der Waals surface area contributed by atoms with Gasteiger partial charge in [-0.1, -0.05) is 73.6 Å². The fraction of sp³-hybridized carbons (Fsp3) is 0.674. The van der Waals surface area contributed by atoms with Crippen LogP contribution >= 0.6 is 0 Å². The molecule has 2 aromatic carbocycles. The first kappa shape index (κ1) is 42.7. The molecule has 3 aliphatic rings. The summed E-state index contributed by atoms with van der Waals surface area (Å²) in [5.41, 5.74) is 2.62. The Morgan fingerprint density at radius 1 is 1.13 bits per heavy atom. The van der Waals surface area contributed by atoms with Gasteiger partial charge in [-0.25, -0.2) is 0 Å². The number of carbonyl (C=O) groups excluding carboxylic acids is 2. The Hall–Kier alpha value is -3.42. The van der Waals surface area contributed by atoms with Gasteiger partial charge >= 0.3 is 0 Å². The van der Waals surface area contributed by atoms with Crippen LogP contribution in [0.3, 0.4) is 0 Å². The van der Waals surface area contributed by atoms with Crippen molar-refractivity contribution < 1.29 is 38.9 Å². The van der Waals surface area contributed by atoms with Crippen molar-refractivity contribution in [1.82, 2.24) is 20.6 Å². The zero-order valence-corrected chi connectivity index (χ0v) is 35.1. The van der Waals surface area contributed by atoms with Gasteiger partial charge in [0.2, 0.25) is 12.7 Å². The molecule has 12 nitrogen and oxygen atoms in total. The zero-order chi connectivity index (χ0) is 40.6. The first-order chi connectivity index (χ1) is 25.8. The average molecular weight is 767 g/mol. The molecule has 9 atom stereocenters. The number of para-hydroxylation sites is 1. The molecule has 0 spiro atoms. The van der Waals surface area contributed by atoms with E-state index in [2.05, 4.69) is 70.9 Å². The largest absolute Gasteiger partial charge is 0.496 e. The Morgan fingerprint density at radius 3 is 2.45 bits per heavy atom. The topological polar surface area (TPSA) is 142 Å². The maximum atomic E-state index is 14.4. The van der Waals surface area contributed by atoms with Gasteiger partial charge in [-0.3, -0.25) is 14.4 Å². The predicted octanol–water partition coefficient (Wildman–Crippen LogP) is 5.48. The number of amides is 2. The Kier molecular flexibility index (Phi) is 13.2. The summed E-state index contributed by atoms with van der Waals surface area (Å²) in [6, 6.07) is 8.34. The second-order valence-corrected chi connectivity index (χ2v) is 18.3. The molecule has 2 heterocycles. The molecule has 0 bridgehead atoms. The number of hydrogen-bond acceptors (Lipinski definition) is 10. The number of carbonyl (C=O) groups is 2. The normalized spacial score (nSPS) is 27.5. The minimum absolute atomic E-state index is 0.000795. The van der Waals surface area contributed by atoms with Crippen LogP contribution in [0.1, 0.15) is 91.1 Å². The van der Waals surface area contributed by atoms with Crippen LogP contribution in [0.25, 0.3) is 11.1 Å². The van der Waals surface area contributed by atoms with Crippen molar-refractivity contribution in [3.8, 4) is 28.4 Å². The summed E-state index contributed by atoms with van der Waals surface area (Å²) in [7, 11) is 5.57. The number of ether oxygens (including phenoxy) is 3. The van der Waals surface area contributed by atoms with Crippen molar-refractivity contribution in [1.29, 1.82) is 0 Å². The Morgan fingerprint density at radius 2 is 1.84 bits per heavy atom. The second-order valence-electron chi connectivity index (χ2n) is 18.3. The molecule has 55 heavy (non-hydrogen) atoms. The monoisotopic (exact) mass is 766 g/mol. The minimum Gasteiger partial charge on any atom is -0.496 e. The van der Waals surface area contributed by atoms with E-state index >= 15 is 0 Å². The summed E-state index contributed by atoms with van der Waals surface area (Å²) >= 11 is 0. The van der Waals surface area contributed by atoms with E-state index in [1.165, 1.54) is 0 Å². The Bertz CT molecular complexity index is 1670. The van der Waals surface area contributed by atoms with Gasteiger partial charge in [-0.15, -0.1) is 0 Å². The van der Waals surface area contributed by atoms with Gasteiger partial charge in [0, 0.05) is 35.7 Å². The SMILES string of the molecule is COc1c(CN2O[C@@H](CO)[C@@H]([C@H](C)O)[C@H]2C(=O)N[C@H]2C[C@@H](C)C(C)(C)[C@@H](C)[C@@H]2C)cccc1-c1cc2c(c(C(=O)N[C@H](CN(C)C)CC(C)(C)C)c1)OCO2. The molecule has 2 aromatic rings. The van der Waals surface area contributed by atoms with Crippen molar-refractivity contribution >= 4 is 11.8 Å². The number of hydrogen-bond donors (Lipinski definition) is 4. The number of likely N-dealkylation sites (N-methyl/N-ethyl adjacent to an activating group) is 1. The maximum Gasteiger partial charge on any atom is 0.255 e. The fourth-order valence-corrected chi connectivity index (χ4v) is 8.99. The molecule has 5 rings (SSSR count). The van der Waals surface area contributed by atoms with E-state index in [0.29, 0.717) is 52.3 Å². The van der Waals surface area contributed by atoms with Crippen molar-refractivity contribution in [2.45, 2.75) is 112 Å². The number of benzene rings is 2. The third-order valence-electron chi connectivity index (χ3n) is 12.6.